The molecule has 1 saturated carbocycles. The van der Waals surface area contributed by atoms with E-state index in [-0.39, 0.29) is 5.92 Å². The minimum atomic E-state index is -0.749. The highest BCUT2D eigenvalue weighted by atomic mass is 16.5. The van der Waals surface area contributed by atoms with E-state index in [0.717, 1.165) is 11.1 Å². The molecular weight excluding hydrogens is 244 g/mol. The molecule has 1 aliphatic rings. The summed E-state index contributed by atoms with van der Waals surface area (Å²) in [6, 6.07) is 3.73. The summed E-state index contributed by atoms with van der Waals surface area (Å²) in [5.41, 5.74) is 1.17. The smallest absolute Gasteiger partial charge is 0.314 e. The van der Waals surface area contributed by atoms with Crippen LogP contribution in [0.3, 0.4) is 0 Å². The van der Waals surface area contributed by atoms with Gasteiger partial charge in [0.1, 0.15) is 0 Å². The molecule has 0 atom stereocenters. The van der Waals surface area contributed by atoms with Gasteiger partial charge in [-0.2, -0.15) is 0 Å². The topological polar surface area (TPSA) is 55.8 Å². The van der Waals surface area contributed by atoms with Crippen molar-refractivity contribution in [3.05, 3.63) is 23.3 Å². The number of ether oxygens (including phenoxy) is 2. The molecule has 0 unspecified atom stereocenters. The van der Waals surface area contributed by atoms with Crippen LogP contribution < -0.4 is 9.47 Å². The van der Waals surface area contributed by atoms with Gasteiger partial charge in [-0.3, -0.25) is 4.79 Å². The first kappa shape index (κ1) is 13.7. The lowest BCUT2D eigenvalue weighted by molar-refractivity contribution is -0.140. The van der Waals surface area contributed by atoms with E-state index < -0.39 is 11.4 Å². The molecule has 1 N–H and O–H groups in total. The second-order valence-electron chi connectivity index (χ2n) is 5.34. The Morgan fingerprint density at radius 1 is 1.21 bits per heavy atom. The molecule has 1 aromatic carbocycles. The van der Waals surface area contributed by atoms with Crippen LogP contribution in [0.4, 0.5) is 0 Å². The fourth-order valence-corrected chi connectivity index (χ4v) is 2.51. The minimum absolute atomic E-state index is 0.242. The summed E-state index contributed by atoms with van der Waals surface area (Å²) in [7, 11) is 3.16. The van der Waals surface area contributed by atoms with Crippen molar-refractivity contribution in [2.24, 2.45) is 0 Å². The number of aliphatic carboxylic acids is 1. The Kier molecular flexibility index (Phi) is 3.43. The van der Waals surface area contributed by atoms with Crippen molar-refractivity contribution in [2.45, 2.75) is 38.0 Å². The molecule has 1 fully saturated rings. The molecule has 0 aliphatic heterocycles. The van der Waals surface area contributed by atoms with Gasteiger partial charge in [-0.1, -0.05) is 13.8 Å². The van der Waals surface area contributed by atoms with Crippen LogP contribution in [0.1, 0.15) is 43.7 Å². The molecule has 0 radical (unpaired) electrons. The van der Waals surface area contributed by atoms with Crippen LogP contribution in [0.15, 0.2) is 12.1 Å². The molecule has 1 aliphatic carbocycles. The SMILES string of the molecule is COc1cc(C(C)C)c(C2(C(=O)O)CC2)cc1OC. The Bertz CT molecular complexity index is 501. The van der Waals surface area contributed by atoms with E-state index in [0.29, 0.717) is 24.3 Å². The van der Waals surface area contributed by atoms with Crippen LogP contribution >= 0.6 is 0 Å². The normalized spacial score (nSPS) is 16.3. The van der Waals surface area contributed by atoms with Gasteiger partial charge < -0.3 is 14.6 Å². The van der Waals surface area contributed by atoms with Crippen molar-refractivity contribution in [1.29, 1.82) is 0 Å². The zero-order valence-electron chi connectivity index (χ0n) is 11.8. The number of hydrogen-bond acceptors (Lipinski definition) is 3. The number of hydrogen-bond donors (Lipinski definition) is 1. The van der Waals surface area contributed by atoms with E-state index in [1.807, 2.05) is 12.1 Å². The molecule has 0 saturated heterocycles. The van der Waals surface area contributed by atoms with Gasteiger partial charge in [0.25, 0.3) is 0 Å². The molecule has 4 nitrogen and oxygen atoms in total. The fraction of sp³-hybridized carbons (Fsp3) is 0.533. The van der Waals surface area contributed by atoms with Crippen molar-refractivity contribution >= 4 is 5.97 Å². The van der Waals surface area contributed by atoms with Crippen LogP contribution in [0, 0.1) is 0 Å². The monoisotopic (exact) mass is 264 g/mol. The first-order valence-corrected chi connectivity index (χ1v) is 6.46. The van der Waals surface area contributed by atoms with E-state index >= 15 is 0 Å². The Morgan fingerprint density at radius 2 is 1.74 bits per heavy atom. The number of rotatable bonds is 5. The van der Waals surface area contributed by atoms with Crippen molar-refractivity contribution in [1.82, 2.24) is 0 Å². The first-order valence-electron chi connectivity index (χ1n) is 6.46. The predicted molar refractivity (Wildman–Crippen MR) is 72.2 cm³/mol. The summed E-state index contributed by atoms with van der Waals surface area (Å²) in [5, 5.41) is 9.48. The Hall–Kier alpha value is -1.71. The minimum Gasteiger partial charge on any atom is -0.493 e. The van der Waals surface area contributed by atoms with Gasteiger partial charge in [0.05, 0.1) is 19.6 Å². The Morgan fingerprint density at radius 3 is 2.11 bits per heavy atom. The van der Waals surface area contributed by atoms with Gasteiger partial charge in [0.2, 0.25) is 0 Å². The van der Waals surface area contributed by atoms with Crippen LogP contribution in [-0.4, -0.2) is 25.3 Å². The molecule has 0 aromatic heterocycles. The maximum Gasteiger partial charge on any atom is 0.314 e. The third kappa shape index (κ3) is 2.15. The standard InChI is InChI=1S/C15H20O4/c1-9(2)10-7-12(18-3)13(19-4)8-11(10)15(5-6-15)14(16)17/h7-9H,5-6H2,1-4H3,(H,16,17). The van der Waals surface area contributed by atoms with Crippen LogP contribution in [-0.2, 0) is 10.2 Å². The summed E-state index contributed by atoms with van der Waals surface area (Å²) in [6.45, 7) is 4.12. The van der Waals surface area contributed by atoms with E-state index in [2.05, 4.69) is 13.8 Å². The number of methoxy groups -OCH3 is 2. The van der Waals surface area contributed by atoms with Crippen molar-refractivity contribution in [3.8, 4) is 11.5 Å². The van der Waals surface area contributed by atoms with Gasteiger partial charge >= 0.3 is 5.97 Å². The second-order valence-corrected chi connectivity index (χ2v) is 5.34. The number of benzene rings is 1. The summed E-state index contributed by atoms with van der Waals surface area (Å²) >= 11 is 0. The maximum absolute atomic E-state index is 11.5. The summed E-state index contributed by atoms with van der Waals surface area (Å²) in [5.74, 6) is 0.735. The highest BCUT2D eigenvalue weighted by molar-refractivity contribution is 5.86. The maximum atomic E-state index is 11.5. The van der Waals surface area contributed by atoms with Gasteiger partial charge in [-0.15, -0.1) is 0 Å². The molecule has 0 heterocycles. The highest BCUT2D eigenvalue weighted by Crippen LogP contribution is 2.52. The molecule has 0 bridgehead atoms. The molecule has 19 heavy (non-hydrogen) atoms. The lowest BCUT2D eigenvalue weighted by Crippen LogP contribution is -2.22. The summed E-state index contributed by atoms with van der Waals surface area (Å²) < 4.78 is 10.6. The highest BCUT2D eigenvalue weighted by Gasteiger charge is 2.53. The molecule has 4 heteroatoms. The fourth-order valence-electron chi connectivity index (χ4n) is 2.51. The van der Waals surface area contributed by atoms with Gasteiger partial charge in [-0.25, -0.2) is 0 Å². The Balaban J connectivity index is 2.62. The average Bonchev–Trinajstić information content (AvgIpc) is 3.18. The third-order valence-electron chi connectivity index (χ3n) is 3.85. The van der Waals surface area contributed by atoms with E-state index in [9.17, 15) is 9.90 Å². The second kappa shape index (κ2) is 4.76. The first-order chi connectivity index (χ1) is 8.96. The van der Waals surface area contributed by atoms with Gasteiger partial charge in [0, 0.05) is 0 Å². The molecular formula is C15H20O4. The predicted octanol–water partition coefficient (Wildman–Crippen LogP) is 2.94. The van der Waals surface area contributed by atoms with Gasteiger partial charge in [0.15, 0.2) is 11.5 Å². The van der Waals surface area contributed by atoms with E-state index in [1.165, 1.54) is 0 Å². The lowest BCUT2D eigenvalue weighted by Gasteiger charge is -2.21. The average molecular weight is 264 g/mol. The summed E-state index contributed by atoms with van der Waals surface area (Å²) in [4.78, 5) is 11.5. The zero-order valence-corrected chi connectivity index (χ0v) is 11.8. The van der Waals surface area contributed by atoms with Crippen molar-refractivity contribution < 1.29 is 19.4 Å². The molecule has 2 rings (SSSR count). The van der Waals surface area contributed by atoms with Crippen LogP contribution in [0.5, 0.6) is 11.5 Å². The molecule has 104 valence electrons. The van der Waals surface area contributed by atoms with Gasteiger partial charge in [-0.05, 0) is 42.0 Å². The van der Waals surface area contributed by atoms with Crippen molar-refractivity contribution in [2.75, 3.05) is 14.2 Å². The number of carboxylic acid groups (broad SMARTS) is 1. The molecule has 0 amide bonds. The summed E-state index contributed by atoms with van der Waals surface area (Å²) in [6.07, 6.45) is 1.38. The number of carbonyl (C=O) groups is 1. The lowest BCUT2D eigenvalue weighted by atomic mass is 9.86. The number of carboxylic acids is 1. The Labute approximate surface area is 113 Å². The largest absolute Gasteiger partial charge is 0.493 e. The zero-order chi connectivity index (χ0) is 14.2. The van der Waals surface area contributed by atoms with Crippen LogP contribution in [0.25, 0.3) is 0 Å². The molecule has 0 spiro atoms. The molecule has 1 aromatic rings. The van der Waals surface area contributed by atoms with Crippen molar-refractivity contribution in [3.63, 3.8) is 0 Å². The van der Waals surface area contributed by atoms with E-state index in [1.54, 1.807) is 14.2 Å². The van der Waals surface area contributed by atoms with E-state index in [4.69, 9.17) is 9.47 Å². The third-order valence-corrected chi connectivity index (χ3v) is 3.85. The quantitative estimate of drug-likeness (QED) is 0.888. The van der Waals surface area contributed by atoms with Crippen LogP contribution in [0.2, 0.25) is 0 Å².